The summed E-state index contributed by atoms with van der Waals surface area (Å²) < 4.78 is 0. The number of piperidine rings is 1. The van der Waals surface area contributed by atoms with E-state index < -0.39 is 0 Å². The fourth-order valence-corrected chi connectivity index (χ4v) is 3.11. The van der Waals surface area contributed by atoms with Gasteiger partial charge in [0.15, 0.2) is 0 Å². The summed E-state index contributed by atoms with van der Waals surface area (Å²) >= 11 is 0. The third-order valence-electron chi connectivity index (χ3n) is 4.09. The molecule has 2 heterocycles. The molecule has 1 aliphatic heterocycles. The van der Waals surface area contributed by atoms with Gasteiger partial charge in [-0.25, -0.2) is 0 Å². The lowest BCUT2D eigenvalue weighted by Crippen LogP contribution is -2.41. The highest BCUT2D eigenvalue weighted by Gasteiger charge is 2.25. The topological polar surface area (TPSA) is 42.1 Å². The van der Waals surface area contributed by atoms with Crippen LogP contribution in [0.15, 0.2) is 6.07 Å². The van der Waals surface area contributed by atoms with Gasteiger partial charge in [-0.3, -0.25) is 4.98 Å². The second-order valence-corrected chi connectivity index (χ2v) is 5.72. The molecule has 0 aromatic carbocycles. The number of anilines is 1. The number of hydrogen-bond acceptors (Lipinski definition) is 3. The quantitative estimate of drug-likeness (QED) is 0.874. The molecule has 1 fully saturated rings. The third kappa shape index (κ3) is 2.51. The number of nitrogens with zero attached hydrogens (tertiary/aromatic N) is 2. The van der Waals surface area contributed by atoms with Gasteiger partial charge >= 0.3 is 0 Å². The summed E-state index contributed by atoms with van der Waals surface area (Å²) in [6.45, 7) is 10.5. The fraction of sp³-hybridized carbons (Fsp3) is 0.667. The van der Waals surface area contributed by atoms with E-state index in [2.05, 4.69) is 43.6 Å². The number of pyridine rings is 1. The van der Waals surface area contributed by atoms with Crippen LogP contribution in [-0.4, -0.2) is 17.6 Å². The zero-order valence-corrected chi connectivity index (χ0v) is 12.0. The number of aromatic nitrogens is 1. The maximum absolute atomic E-state index is 5.91. The first-order valence-corrected chi connectivity index (χ1v) is 6.96. The van der Waals surface area contributed by atoms with E-state index >= 15 is 0 Å². The molecular weight excluding hydrogens is 222 g/mol. The van der Waals surface area contributed by atoms with Gasteiger partial charge in [-0.15, -0.1) is 0 Å². The van der Waals surface area contributed by atoms with Gasteiger partial charge in [-0.1, -0.05) is 6.92 Å². The molecule has 1 aromatic rings. The smallest absolute Gasteiger partial charge is 0.0450 e. The second-order valence-electron chi connectivity index (χ2n) is 5.72. The predicted octanol–water partition coefficient (Wildman–Crippen LogP) is 2.78. The molecule has 2 atom stereocenters. The number of nitrogens with two attached hydrogens (primary N) is 1. The molecule has 2 unspecified atom stereocenters. The molecule has 1 saturated heterocycles. The van der Waals surface area contributed by atoms with Crippen molar-refractivity contribution in [2.75, 3.05) is 11.4 Å². The molecule has 0 saturated carbocycles. The van der Waals surface area contributed by atoms with Crippen molar-refractivity contribution in [2.24, 2.45) is 11.7 Å². The first-order valence-electron chi connectivity index (χ1n) is 6.96. The predicted molar refractivity (Wildman–Crippen MR) is 76.8 cm³/mol. The first-order chi connectivity index (χ1) is 8.52. The summed E-state index contributed by atoms with van der Waals surface area (Å²) in [5.41, 5.74) is 10.6. The molecule has 0 spiro atoms. The molecule has 2 N–H and O–H groups in total. The largest absolute Gasteiger partial charge is 0.368 e. The SMILES string of the molecule is Cc1cc(N2CCC(C)CC2C)c(CN)c(C)n1. The number of rotatable bonds is 2. The molecule has 1 aromatic heterocycles. The monoisotopic (exact) mass is 247 g/mol. The van der Waals surface area contributed by atoms with Crippen LogP contribution in [0.25, 0.3) is 0 Å². The molecule has 0 aliphatic carbocycles. The highest BCUT2D eigenvalue weighted by molar-refractivity contribution is 5.57. The summed E-state index contributed by atoms with van der Waals surface area (Å²) in [4.78, 5) is 7.05. The summed E-state index contributed by atoms with van der Waals surface area (Å²) in [6.07, 6.45) is 2.54. The van der Waals surface area contributed by atoms with Crippen LogP contribution in [0.1, 0.15) is 43.6 Å². The minimum absolute atomic E-state index is 0.577. The van der Waals surface area contributed by atoms with Crippen molar-refractivity contribution in [3.63, 3.8) is 0 Å². The van der Waals surface area contributed by atoms with Gasteiger partial charge in [-0.2, -0.15) is 0 Å². The van der Waals surface area contributed by atoms with Gasteiger partial charge in [0.1, 0.15) is 0 Å². The number of aryl methyl sites for hydroxylation is 2. The first kappa shape index (κ1) is 13.3. The Balaban J connectivity index is 2.37. The maximum atomic E-state index is 5.91. The Morgan fingerprint density at radius 3 is 2.72 bits per heavy atom. The average molecular weight is 247 g/mol. The van der Waals surface area contributed by atoms with Gasteiger partial charge < -0.3 is 10.6 Å². The molecule has 18 heavy (non-hydrogen) atoms. The van der Waals surface area contributed by atoms with E-state index in [9.17, 15) is 0 Å². The van der Waals surface area contributed by atoms with Crippen LogP contribution in [0.4, 0.5) is 5.69 Å². The Morgan fingerprint density at radius 2 is 2.11 bits per heavy atom. The van der Waals surface area contributed by atoms with E-state index in [-0.39, 0.29) is 0 Å². The Morgan fingerprint density at radius 1 is 1.39 bits per heavy atom. The van der Waals surface area contributed by atoms with E-state index in [0.717, 1.165) is 23.9 Å². The normalized spacial score (nSPS) is 24.4. The summed E-state index contributed by atoms with van der Waals surface area (Å²) in [5.74, 6) is 0.835. The molecule has 2 rings (SSSR count). The van der Waals surface area contributed by atoms with Gasteiger partial charge in [-0.05, 0) is 45.6 Å². The van der Waals surface area contributed by atoms with Gasteiger partial charge in [0.2, 0.25) is 0 Å². The van der Waals surface area contributed by atoms with Gasteiger partial charge in [0, 0.05) is 41.8 Å². The second kappa shape index (κ2) is 5.27. The highest BCUT2D eigenvalue weighted by atomic mass is 15.2. The Bertz CT molecular complexity index is 428. The fourth-order valence-electron chi connectivity index (χ4n) is 3.11. The molecule has 100 valence electrons. The molecule has 0 radical (unpaired) electrons. The van der Waals surface area contributed by atoms with Crippen LogP contribution in [0.2, 0.25) is 0 Å². The van der Waals surface area contributed by atoms with Crippen molar-refractivity contribution in [1.29, 1.82) is 0 Å². The Kier molecular flexibility index (Phi) is 3.91. The van der Waals surface area contributed by atoms with Crippen molar-refractivity contribution >= 4 is 5.69 Å². The molecule has 0 bridgehead atoms. The maximum Gasteiger partial charge on any atom is 0.0450 e. The lowest BCUT2D eigenvalue weighted by atomic mass is 9.92. The lowest BCUT2D eigenvalue weighted by Gasteiger charge is -2.39. The Hall–Kier alpha value is -1.09. The van der Waals surface area contributed by atoms with Crippen molar-refractivity contribution in [1.82, 2.24) is 4.98 Å². The average Bonchev–Trinajstić information content (AvgIpc) is 2.28. The minimum atomic E-state index is 0.577. The van der Waals surface area contributed by atoms with Crippen LogP contribution in [0.3, 0.4) is 0 Å². The highest BCUT2D eigenvalue weighted by Crippen LogP contribution is 2.31. The van der Waals surface area contributed by atoms with Crippen molar-refractivity contribution < 1.29 is 0 Å². The van der Waals surface area contributed by atoms with E-state index in [1.54, 1.807) is 0 Å². The molecular formula is C15H25N3. The zero-order chi connectivity index (χ0) is 13.3. The summed E-state index contributed by atoms with van der Waals surface area (Å²) in [7, 11) is 0. The van der Waals surface area contributed by atoms with Gasteiger partial charge in [0.05, 0.1) is 0 Å². The minimum Gasteiger partial charge on any atom is -0.368 e. The van der Waals surface area contributed by atoms with Crippen LogP contribution < -0.4 is 10.6 Å². The van der Waals surface area contributed by atoms with Gasteiger partial charge in [0.25, 0.3) is 0 Å². The van der Waals surface area contributed by atoms with E-state index in [1.807, 2.05) is 0 Å². The van der Waals surface area contributed by atoms with Crippen LogP contribution >= 0.6 is 0 Å². The standard InChI is InChI=1S/C15H25N3/c1-10-5-6-18(12(3)7-10)15-8-11(2)17-13(4)14(15)9-16/h8,10,12H,5-7,9,16H2,1-4H3. The van der Waals surface area contributed by atoms with Crippen molar-refractivity contribution in [3.05, 3.63) is 23.0 Å². The number of hydrogen-bond donors (Lipinski definition) is 1. The van der Waals surface area contributed by atoms with Crippen LogP contribution in [-0.2, 0) is 6.54 Å². The van der Waals surface area contributed by atoms with E-state index in [0.29, 0.717) is 12.6 Å². The molecule has 3 nitrogen and oxygen atoms in total. The Labute approximate surface area is 110 Å². The van der Waals surface area contributed by atoms with Crippen LogP contribution in [0, 0.1) is 19.8 Å². The third-order valence-corrected chi connectivity index (χ3v) is 4.09. The molecule has 3 heteroatoms. The van der Waals surface area contributed by atoms with Crippen molar-refractivity contribution in [3.8, 4) is 0 Å². The molecule has 1 aliphatic rings. The van der Waals surface area contributed by atoms with Crippen LogP contribution in [0.5, 0.6) is 0 Å². The van der Waals surface area contributed by atoms with Crippen molar-refractivity contribution in [2.45, 2.75) is 53.1 Å². The summed E-state index contributed by atoms with van der Waals surface area (Å²) in [5, 5.41) is 0. The summed E-state index contributed by atoms with van der Waals surface area (Å²) in [6, 6.07) is 2.79. The van der Waals surface area contributed by atoms with E-state index in [1.165, 1.54) is 24.1 Å². The molecule has 0 amide bonds. The zero-order valence-electron chi connectivity index (χ0n) is 12.0. The lowest BCUT2D eigenvalue weighted by molar-refractivity contribution is 0.377. The van der Waals surface area contributed by atoms with E-state index in [4.69, 9.17) is 5.73 Å².